The maximum Gasteiger partial charge on any atom is 0.251 e. The standard InChI is InChI=1S/C27H32N2O3S/c1-20(2)18-26(23-8-6-5-7-9-23)28-27(30)24-14-16-25(17-15-24)29(33(4,31)32)19-22-12-10-21(3)11-13-22/h5-17,20,26H,18-19H2,1-4H3,(H,28,30). The monoisotopic (exact) mass is 464 g/mol. The Kier molecular flexibility index (Phi) is 7.92. The van der Waals surface area contributed by atoms with E-state index in [1.54, 1.807) is 24.3 Å². The van der Waals surface area contributed by atoms with Crippen molar-refractivity contribution >= 4 is 21.6 Å². The lowest BCUT2D eigenvalue weighted by Crippen LogP contribution is -2.30. The molecule has 0 saturated heterocycles. The SMILES string of the molecule is Cc1ccc(CN(c2ccc(C(=O)NC(CC(C)C)c3ccccc3)cc2)S(C)(=O)=O)cc1. The Bertz CT molecular complexity index is 1160. The molecule has 0 saturated carbocycles. The highest BCUT2D eigenvalue weighted by Gasteiger charge is 2.20. The third-order valence-electron chi connectivity index (χ3n) is 5.48. The van der Waals surface area contributed by atoms with E-state index in [9.17, 15) is 13.2 Å². The molecule has 1 N–H and O–H groups in total. The molecule has 0 aromatic heterocycles. The van der Waals surface area contributed by atoms with Gasteiger partial charge in [-0.1, -0.05) is 74.0 Å². The largest absolute Gasteiger partial charge is 0.345 e. The second kappa shape index (κ2) is 10.7. The molecule has 174 valence electrons. The summed E-state index contributed by atoms with van der Waals surface area (Å²) in [6, 6.07) is 24.3. The van der Waals surface area contributed by atoms with Crippen molar-refractivity contribution in [3.63, 3.8) is 0 Å². The Hall–Kier alpha value is -3.12. The fraction of sp³-hybridized carbons (Fsp3) is 0.296. The van der Waals surface area contributed by atoms with Gasteiger partial charge in [0.2, 0.25) is 10.0 Å². The van der Waals surface area contributed by atoms with Gasteiger partial charge in [-0.2, -0.15) is 0 Å². The maximum atomic E-state index is 13.0. The number of rotatable bonds is 9. The molecule has 0 spiro atoms. The zero-order chi connectivity index (χ0) is 24.0. The van der Waals surface area contributed by atoms with Crippen LogP contribution in [0, 0.1) is 12.8 Å². The maximum absolute atomic E-state index is 13.0. The van der Waals surface area contributed by atoms with Gasteiger partial charge in [0.1, 0.15) is 0 Å². The Morgan fingerprint density at radius 3 is 2.06 bits per heavy atom. The van der Waals surface area contributed by atoms with Crippen molar-refractivity contribution in [2.75, 3.05) is 10.6 Å². The van der Waals surface area contributed by atoms with Crippen LogP contribution in [0.2, 0.25) is 0 Å². The van der Waals surface area contributed by atoms with Crippen molar-refractivity contribution in [3.8, 4) is 0 Å². The van der Waals surface area contributed by atoms with E-state index < -0.39 is 10.0 Å². The zero-order valence-corrected chi connectivity index (χ0v) is 20.5. The molecule has 6 heteroatoms. The summed E-state index contributed by atoms with van der Waals surface area (Å²) in [5.41, 5.74) is 4.10. The average molecular weight is 465 g/mol. The van der Waals surface area contributed by atoms with Crippen molar-refractivity contribution in [1.82, 2.24) is 5.32 Å². The molecule has 0 heterocycles. The molecule has 1 unspecified atom stereocenters. The zero-order valence-electron chi connectivity index (χ0n) is 19.7. The quantitative estimate of drug-likeness (QED) is 0.456. The van der Waals surface area contributed by atoms with Gasteiger partial charge in [-0.15, -0.1) is 0 Å². The van der Waals surface area contributed by atoms with E-state index in [-0.39, 0.29) is 18.5 Å². The summed E-state index contributed by atoms with van der Waals surface area (Å²) in [4.78, 5) is 13.0. The van der Waals surface area contributed by atoms with E-state index in [4.69, 9.17) is 0 Å². The Morgan fingerprint density at radius 1 is 0.909 bits per heavy atom. The molecular formula is C27H32N2O3S. The first kappa shape index (κ1) is 24.5. The van der Waals surface area contributed by atoms with Gasteiger partial charge < -0.3 is 5.32 Å². The molecule has 0 aliphatic rings. The number of amides is 1. The summed E-state index contributed by atoms with van der Waals surface area (Å²) in [6.45, 7) is 6.48. The topological polar surface area (TPSA) is 66.5 Å². The van der Waals surface area contributed by atoms with E-state index in [2.05, 4.69) is 19.2 Å². The Morgan fingerprint density at radius 2 is 1.52 bits per heavy atom. The van der Waals surface area contributed by atoms with Crippen molar-refractivity contribution in [1.29, 1.82) is 0 Å². The van der Waals surface area contributed by atoms with E-state index in [1.807, 2.05) is 61.5 Å². The van der Waals surface area contributed by atoms with Gasteiger partial charge in [0.05, 0.1) is 24.5 Å². The van der Waals surface area contributed by atoms with Crippen LogP contribution in [-0.2, 0) is 16.6 Å². The molecule has 0 radical (unpaired) electrons. The number of hydrogen-bond acceptors (Lipinski definition) is 3. The molecule has 0 fully saturated rings. The number of anilines is 1. The smallest absolute Gasteiger partial charge is 0.251 e. The average Bonchev–Trinajstić information content (AvgIpc) is 2.78. The molecule has 3 aromatic carbocycles. The van der Waals surface area contributed by atoms with Crippen LogP contribution in [0.25, 0.3) is 0 Å². The van der Waals surface area contributed by atoms with Crippen LogP contribution < -0.4 is 9.62 Å². The molecule has 0 aliphatic heterocycles. The van der Waals surface area contributed by atoms with Gasteiger partial charge in [0, 0.05) is 5.56 Å². The fourth-order valence-corrected chi connectivity index (χ4v) is 4.60. The summed E-state index contributed by atoms with van der Waals surface area (Å²) in [7, 11) is -3.50. The third-order valence-corrected chi connectivity index (χ3v) is 6.62. The number of nitrogens with one attached hydrogen (secondary N) is 1. The van der Waals surface area contributed by atoms with Crippen LogP contribution in [0.15, 0.2) is 78.9 Å². The van der Waals surface area contributed by atoms with Crippen LogP contribution in [0.5, 0.6) is 0 Å². The molecule has 3 rings (SSSR count). The Labute approximate surface area is 197 Å². The van der Waals surface area contributed by atoms with Gasteiger partial charge in [0.15, 0.2) is 0 Å². The van der Waals surface area contributed by atoms with E-state index in [0.717, 1.165) is 23.1 Å². The molecule has 0 aliphatic carbocycles. The minimum absolute atomic E-state index is 0.0903. The number of sulfonamides is 1. The lowest BCUT2D eigenvalue weighted by molar-refractivity contribution is 0.0932. The van der Waals surface area contributed by atoms with Crippen LogP contribution >= 0.6 is 0 Å². The van der Waals surface area contributed by atoms with Crippen molar-refractivity contribution in [3.05, 3.63) is 101 Å². The third kappa shape index (κ3) is 6.93. The summed E-state index contributed by atoms with van der Waals surface area (Å²) in [6.07, 6.45) is 2.02. The van der Waals surface area contributed by atoms with Gasteiger partial charge in [-0.25, -0.2) is 8.42 Å². The van der Waals surface area contributed by atoms with Crippen LogP contribution in [-0.4, -0.2) is 20.6 Å². The molecule has 33 heavy (non-hydrogen) atoms. The van der Waals surface area contributed by atoms with Crippen molar-refractivity contribution in [2.45, 2.75) is 39.8 Å². The van der Waals surface area contributed by atoms with Gasteiger partial charge in [-0.3, -0.25) is 9.10 Å². The number of carbonyl (C=O) groups excluding carboxylic acids is 1. The number of nitrogens with zero attached hydrogens (tertiary/aromatic N) is 1. The van der Waals surface area contributed by atoms with Gasteiger partial charge >= 0.3 is 0 Å². The summed E-state index contributed by atoms with van der Waals surface area (Å²) < 4.78 is 26.3. The summed E-state index contributed by atoms with van der Waals surface area (Å²) in [5, 5.41) is 3.13. The molecule has 1 amide bonds. The van der Waals surface area contributed by atoms with E-state index >= 15 is 0 Å². The first-order valence-electron chi connectivity index (χ1n) is 11.1. The predicted molar refractivity (Wildman–Crippen MR) is 135 cm³/mol. The van der Waals surface area contributed by atoms with Gasteiger partial charge in [-0.05, 0) is 54.7 Å². The van der Waals surface area contributed by atoms with E-state index in [0.29, 0.717) is 17.2 Å². The second-order valence-electron chi connectivity index (χ2n) is 8.87. The van der Waals surface area contributed by atoms with Crippen LogP contribution in [0.3, 0.4) is 0 Å². The first-order valence-corrected chi connectivity index (χ1v) is 13.0. The second-order valence-corrected chi connectivity index (χ2v) is 10.8. The first-order chi connectivity index (χ1) is 15.6. The van der Waals surface area contributed by atoms with Crippen LogP contribution in [0.4, 0.5) is 5.69 Å². The fourth-order valence-electron chi connectivity index (χ4n) is 3.72. The number of aryl methyl sites for hydroxylation is 1. The molecular weight excluding hydrogens is 432 g/mol. The van der Waals surface area contributed by atoms with Crippen molar-refractivity contribution in [2.24, 2.45) is 5.92 Å². The molecule has 5 nitrogen and oxygen atoms in total. The molecule has 1 atom stereocenters. The minimum Gasteiger partial charge on any atom is -0.345 e. The van der Waals surface area contributed by atoms with Gasteiger partial charge in [0.25, 0.3) is 5.91 Å². The summed E-state index contributed by atoms with van der Waals surface area (Å²) >= 11 is 0. The Balaban J connectivity index is 1.79. The predicted octanol–water partition coefficient (Wildman–Crippen LogP) is 5.48. The van der Waals surface area contributed by atoms with E-state index in [1.165, 1.54) is 10.6 Å². The highest BCUT2D eigenvalue weighted by Crippen LogP contribution is 2.24. The highest BCUT2D eigenvalue weighted by atomic mass is 32.2. The normalized spacial score (nSPS) is 12.4. The number of hydrogen-bond donors (Lipinski definition) is 1. The van der Waals surface area contributed by atoms with Crippen LogP contribution in [0.1, 0.15) is 53.4 Å². The number of carbonyl (C=O) groups is 1. The molecule has 0 bridgehead atoms. The molecule has 3 aromatic rings. The number of benzene rings is 3. The van der Waals surface area contributed by atoms with Crippen molar-refractivity contribution < 1.29 is 13.2 Å². The highest BCUT2D eigenvalue weighted by molar-refractivity contribution is 7.92. The lowest BCUT2D eigenvalue weighted by atomic mass is 9.96. The minimum atomic E-state index is -3.50. The summed E-state index contributed by atoms with van der Waals surface area (Å²) in [5.74, 6) is 0.239. The lowest BCUT2D eigenvalue weighted by Gasteiger charge is -2.23.